The molecular weight excluding hydrogens is 301 g/mol. The average molecular weight is 316 g/mol. The highest BCUT2D eigenvalue weighted by molar-refractivity contribution is 9.10. The second kappa shape index (κ2) is 6.29. The molecule has 3 nitrogen and oxygen atoms in total. The molecule has 18 heavy (non-hydrogen) atoms. The van der Waals surface area contributed by atoms with Crippen LogP contribution in [0.1, 0.15) is 18.4 Å². The van der Waals surface area contributed by atoms with Crippen molar-refractivity contribution in [2.75, 3.05) is 13.2 Å². The second-order valence-electron chi connectivity index (χ2n) is 4.37. The monoisotopic (exact) mass is 315 g/mol. The van der Waals surface area contributed by atoms with Crippen molar-refractivity contribution >= 4 is 21.8 Å². The summed E-state index contributed by atoms with van der Waals surface area (Å²) in [7, 11) is 0. The summed E-state index contributed by atoms with van der Waals surface area (Å²) in [5, 5.41) is 2.91. The standard InChI is InChI=1S/C13H15BrFNO2/c14-10-1-2-12(15)9(7-10)8-13(17)16-11-3-5-18-6-4-11/h1-2,7,11H,3-6,8H2,(H,16,17). The fraction of sp³-hybridized carbons (Fsp3) is 0.462. The zero-order valence-corrected chi connectivity index (χ0v) is 11.5. The molecule has 0 spiro atoms. The van der Waals surface area contributed by atoms with Crippen LogP contribution in [0, 0.1) is 5.82 Å². The van der Waals surface area contributed by atoms with Crippen LogP contribution in [0.4, 0.5) is 4.39 Å². The lowest BCUT2D eigenvalue weighted by Crippen LogP contribution is -2.39. The Kier molecular flexibility index (Phi) is 4.72. The number of amides is 1. The van der Waals surface area contributed by atoms with E-state index in [-0.39, 0.29) is 24.2 Å². The Hall–Kier alpha value is -0.940. The summed E-state index contributed by atoms with van der Waals surface area (Å²) in [6, 6.07) is 4.77. The zero-order valence-electron chi connectivity index (χ0n) is 9.92. The molecule has 1 saturated heterocycles. The first-order valence-corrected chi connectivity index (χ1v) is 6.75. The van der Waals surface area contributed by atoms with Gasteiger partial charge in [0.15, 0.2) is 0 Å². The van der Waals surface area contributed by atoms with Gasteiger partial charge in [-0.2, -0.15) is 0 Å². The first-order chi connectivity index (χ1) is 8.65. The van der Waals surface area contributed by atoms with Crippen molar-refractivity contribution in [3.63, 3.8) is 0 Å². The minimum Gasteiger partial charge on any atom is -0.381 e. The minimum atomic E-state index is -0.347. The predicted octanol–water partition coefficient (Wildman–Crippen LogP) is 2.43. The molecule has 1 N–H and O–H groups in total. The Bertz CT molecular complexity index is 433. The summed E-state index contributed by atoms with van der Waals surface area (Å²) in [6.45, 7) is 1.35. The van der Waals surface area contributed by atoms with Crippen LogP contribution in [0.3, 0.4) is 0 Å². The van der Waals surface area contributed by atoms with Crippen LogP contribution in [0.25, 0.3) is 0 Å². The number of nitrogens with one attached hydrogen (secondary N) is 1. The lowest BCUT2D eigenvalue weighted by atomic mass is 10.1. The Morgan fingerprint density at radius 2 is 2.17 bits per heavy atom. The number of hydrogen-bond donors (Lipinski definition) is 1. The third-order valence-electron chi connectivity index (χ3n) is 2.95. The maximum atomic E-state index is 13.5. The van der Waals surface area contributed by atoms with Gasteiger partial charge in [0.2, 0.25) is 5.91 Å². The van der Waals surface area contributed by atoms with Gasteiger partial charge in [-0.25, -0.2) is 4.39 Å². The van der Waals surface area contributed by atoms with Crippen molar-refractivity contribution < 1.29 is 13.9 Å². The zero-order chi connectivity index (χ0) is 13.0. The molecule has 0 unspecified atom stereocenters. The van der Waals surface area contributed by atoms with E-state index in [1.54, 1.807) is 12.1 Å². The molecule has 5 heteroatoms. The van der Waals surface area contributed by atoms with Crippen molar-refractivity contribution in [1.29, 1.82) is 0 Å². The quantitative estimate of drug-likeness (QED) is 0.930. The van der Waals surface area contributed by atoms with Crippen LogP contribution in [0.5, 0.6) is 0 Å². The average Bonchev–Trinajstić information content (AvgIpc) is 2.35. The first-order valence-electron chi connectivity index (χ1n) is 5.96. The SMILES string of the molecule is O=C(Cc1cc(Br)ccc1F)NC1CCOCC1. The topological polar surface area (TPSA) is 38.3 Å². The van der Waals surface area contributed by atoms with Crippen LogP contribution in [0.2, 0.25) is 0 Å². The molecule has 1 heterocycles. The van der Waals surface area contributed by atoms with Gasteiger partial charge in [-0.3, -0.25) is 4.79 Å². The lowest BCUT2D eigenvalue weighted by molar-refractivity contribution is -0.121. The van der Waals surface area contributed by atoms with Gasteiger partial charge in [-0.05, 0) is 36.6 Å². The molecule has 0 atom stereocenters. The number of ether oxygens (including phenoxy) is 1. The molecule has 0 bridgehead atoms. The molecule has 0 aliphatic carbocycles. The minimum absolute atomic E-state index is 0.0721. The van der Waals surface area contributed by atoms with E-state index in [2.05, 4.69) is 21.2 Å². The summed E-state index contributed by atoms with van der Waals surface area (Å²) in [6.07, 6.45) is 1.72. The summed E-state index contributed by atoms with van der Waals surface area (Å²) in [4.78, 5) is 11.8. The molecule has 0 saturated carbocycles. The fourth-order valence-electron chi connectivity index (χ4n) is 1.97. The normalized spacial score (nSPS) is 16.6. The van der Waals surface area contributed by atoms with Crippen molar-refractivity contribution in [1.82, 2.24) is 5.32 Å². The summed E-state index contributed by atoms with van der Waals surface area (Å²) >= 11 is 3.27. The fourth-order valence-corrected chi connectivity index (χ4v) is 2.38. The number of halogens is 2. The Labute approximate surface area is 114 Å². The van der Waals surface area contributed by atoms with E-state index in [9.17, 15) is 9.18 Å². The van der Waals surface area contributed by atoms with E-state index in [4.69, 9.17) is 4.74 Å². The molecule has 1 aromatic carbocycles. The summed E-state index contributed by atoms with van der Waals surface area (Å²) in [5.74, 6) is -0.487. The van der Waals surface area contributed by atoms with Crippen LogP contribution >= 0.6 is 15.9 Å². The molecule has 0 aromatic heterocycles. The van der Waals surface area contributed by atoms with Gasteiger partial charge < -0.3 is 10.1 Å². The number of carbonyl (C=O) groups excluding carboxylic acids is 1. The molecule has 1 amide bonds. The van der Waals surface area contributed by atoms with E-state index in [1.165, 1.54) is 6.07 Å². The lowest BCUT2D eigenvalue weighted by Gasteiger charge is -2.23. The van der Waals surface area contributed by atoms with Gasteiger partial charge in [-0.15, -0.1) is 0 Å². The van der Waals surface area contributed by atoms with Crippen molar-refractivity contribution in [2.24, 2.45) is 0 Å². The van der Waals surface area contributed by atoms with Crippen molar-refractivity contribution in [3.8, 4) is 0 Å². The van der Waals surface area contributed by atoms with E-state index in [0.717, 1.165) is 17.3 Å². The van der Waals surface area contributed by atoms with Crippen LogP contribution in [-0.4, -0.2) is 25.2 Å². The maximum absolute atomic E-state index is 13.5. The molecule has 1 fully saturated rings. The third-order valence-corrected chi connectivity index (χ3v) is 3.44. The number of rotatable bonds is 3. The van der Waals surface area contributed by atoms with E-state index >= 15 is 0 Å². The maximum Gasteiger partial charge on any atom is 0.224 e. The molecule has 1 aliphatic rings. The van der Waals surface area contributed by atoms with Crippen LogP contribution < -0.4 is 5.32 Å². The van der Waals surface area contributed by atoms with E-state index in [0.29, 0.717) is 18.8 Å². The Balaban J connectivity index is 1.92. The molecule has 1 aliphatic heterocycles. The highest BCUT2D eigenvalue weighted by atomic mass is 79.9. The summed E-state index contributed by atoms with van der Waals surface area (Å²) < 4.78 is 19.5. The Morgan fingerprint density at radius 1 is 1.44 bits per heavy atom. The highest BCUT2D eigenvalue weighted by Crippen LogP contribution is 2.16. The largest absolute Gasteiger partial charge is 0.381 e. The van der Waals surface area contributed by atoms with Gasteiger partial charge in [-0.1, -0.05) is 15.9 Å². The van der Waals surface area contributed by atoms with Crippen LogP contribution in [0.15, 0.2) is 22.7 Å². The first kappa shape index (κ1) is 13.5. The highest BCUT2D eigenvalue weighted by Gasteiger charge is 2.17. The van der Waals surface area contributed by atoms with Gasteiger partial charge >= 0.3 is 0 Å². The molecular formula is C13H15BrFNO2. The number of hydrogen-bond acceptors (Lipinski definition) is 2. The van der Waals surface area contributed by atoms with Gasteiger partial charge in [0.05, 0.1) is 6.42 Å². The van der Waals surface area contributed by atoms with Crippen molar-refractivity contribution in [3.05, 3.63) is 34.1 Å². The molecule has 2 rings (SSSR count). The van der Waals surface area contributed by atoms with Gasteiger partial charge in [0.25, 0.3) is 0 Å². The third kappa shape index (κ3) is 3.78. The Morgan fingerprint density at radius 3 is 2.89 bits per heavy atom. The van der Waals surface area contributed by atoms with Crippen LogP contribution in [-0.2, 0) is 16.0 Å². The molecule has 0 radical (unpaired) electrons. The molecule has 98 valence electrons. The number of benzene rings is 1. The number of carbonyl (C=O) groups is 1. The van der Waals surface area contributed by atoms with Gasteiger partial charge in [0.1, 0.15) is 5.82 Å². The van der Waals surface area contributed by atoms with Crippen molar-refractivity contribution in [2.45, 2.75) is 25.3 Å². The van der Waals surface area contributed by atoms with Gasteiger partial charge in [0, 0.05) is 23.7 Å². The van der Waals surface area contributed by atoms with E-state index < -0.39 is 0 Å². The smallest absolute Gasteiger partial charge is 0.224 e. The predicted molar refractivity (Wildman–Crippen MR) is 69.8 cm³/mol. The molecule has 1 aromatic rings. The second-order valence-corrected chi connectivity index (χ2v) is 5.28. The van der Waals surface area contributed by atoms with E-state index in [1.807, 2.05) is 0 Å². The summed E-state index contributed by atoms with van der Waals surface area (Å²) in [5.41, 5.74) is 0.411.